The zero-order chi connectivity index (χ0) is 32.5. The highest BCUT2D eigenvalue weighted by Gasteiger charge is 2.62. The fourth-order valence-corrected chi connectivity index (χ4v) is 9.46. The summed E-state index contributed by atoms with van der Waals surface area (Å²) in [5, 5.41) is 2.39. The molecule has 2 N–H and O–H groups in total. The SMILES string of the molecule is O=C1N[C@]2(C(=O)NS(=O)(=O)C3CC3)C[C@H]2CCCCCCN(C2CC2)C(=O)C2C[C@H](OC(=O)N3Cc4ccc5c(c4C3)OCO5)C[C@@H]12. The Morgan fingerprint density at radius 1 is 0.957 bits per heavy atom. The summed E-state index contributed by atoms with van der Waals surface area (Å²) in [5.74, 6) is -1.67. The maximum absolute atomic E-state index is 14.2. The lowest BCUT2D eigenvalue weighted by Gasteiger charge is -2.29. The summed E-state index contributed by atoms with van der Waals surface area (Å²) in [6, 6.07) is 3.91. The zero-order valence-corrected chi connectivity index (χ0v) is 27.2. The van der Waals surface area contributed by atoms with E-state index in [9.17, 15) is 27.6 Å². The molecule has 4 amide bonds. The van der Waals surface area contributed by atoms with Crippen molar-refractivity contribution >= 4 is 33.8 Å². The van der Waals surface area contributed by atoms with Crippen LogP contribution in [-0.2, 0) is 42.2 Å². The minimum Gasteiger partial charge on any atom is -0.454 e. The van der Waals surface area contributed by atoms with Gasteiger partial charge in [0.05, 0.1) is 23.6 Å². The maximum Gasteiger partial charge on any atom is 0.410 e. The molecule has 254 valence electrons. The Balaban J connectivity index is 1.01. The maximum atomic E-state index is 14.2. The van der Waals surface area contributed by atoms with E-state index < -0.39 is 56.7 Å². The second kappa shape index (κ2) is 11.6. The third-order valence-corrected chi connectivity index (χ3v) is 13.0. The molecule has 47 heavy (non-hydrogen) atoms. The lowest BCUT2D eigenvalue weighted by atomic mass is 9.92. The van der Waals surface area contributed by atoms with Crippen molar-refractivity contribution in [3.05, 3.63) is 23.3 Å². The van der Waals surface area contributed by atoms with Gasteiger partial charge in [0.15, 0.2) is 11.5 Å². The number of amides is 4. The number of sulfonamides is 1. The molecule has 13 nitrogen and oxygen atoms in total. The Labute approximate surface area is 274 Å². The molecule has 0 aromatic heterocycles. The molecule has 8 rings (SSSR count). The summed E-state index contributed by atoms with van der Waals surface area (Å²) >= 11 is 0. The van der Waals surface area contributed by atoms with Gasteiger partial charge in [-0.15, -0.1) is 0 Å². The van der Waals surface area contributed by atoms with E-state index in [-0.39, 0.29) is 37.5 Å². The van der Waals surface area contributed by atoms with Crippen LogP contribution in [0.2, 0.25) is 0 Å². The topological polar surface area (TPSA) is 161 Å². The Morgan fingerprint density at radius 2 is 1.74 bits per heavy atom. The number of ether oxygens (including phenoxy) is 3. The Kier molecular flexibility index (Phi) is 7.56. The van der Waals surface area contributed by atoms with Crippen LogP contribution in [0.25, 0.3) is 0 Å². The average Bonchev–Trinajstić information content (AvgIpc) is 4.00. The predicted octanol–water partition coefficient (Wildman–Crippen LogP) is 2.70. The van der Waals surface area contributed by atoms with E-state index in [4.69, 9.17) is 14.2 Å². The zero-order valence-electron chi connectivity index (χ0n) is 26.4. The molecular weight excluding hydrogens is 628 g/mol. The molecule has 7 aliphatic rings. The van der Waals surface area contributed by atoms with Gasteiger partial charge in [-0.2, -0.15) is 0 Å². The lowest BCUT2D eigenvalue weighted by molar-refractivity contribution is -0.142. The molecule has 0 radical (unpaired) electrons. The third-order valence-electron chi connectivity index (χ3n) is 11.2. The van der Waals surface area contributed by atoms with E-state index >= 15 is 0 Å². The molecule has 3 aliphatic heterocycles. The number of hydrogen-bond acceptors (Lipinski definition) is 9. The second-order valence-electron chi connectivity index (χ2n) is 14.5. The molecule has 5 atom stereocenters. The van der Waals surface area contributed by atoms with E-state index in [0.29, 0.717) is 56.8 Å². The number of rotatable bonds is 5. The first-order valence-corrected chi connectivity index (χ1v) is 18.7. The van der Waals surface area contributed by atoms with Crippen molar-refractivity contribution in [3.63, 3.8) is 0 Å². The largest absolute Gasteiger partial charge is 0.454 e. The highest BCUT2D eigenvalue weighted by Crippen LogP contribution is 2.49. The number of hydrogen-bond donors (Lipinski definition) is 2. The van der Waals surface area contributed by atoms with E-state index in [0.717, 1.165) is 49.7 Å². The third kappa shape index (κ3) is 5.80. The number of nitrogens with one attached hydrogen (secondary N) is 2. The van der Waals surface area contributed by atoms with E-state index in [1.54, 1.807) is 4.90 Å². The summed E-state index contributed by atoms with van der Waals surface area (Å²) in [6.45, 7) is 1.42. The van der Waals surface area contributed by atoms with E-state index in [2.05, 4.69) is 10.0 Å². The summed E-state index contributed by atoms with van der Waals surface area (Å²) in [5.41, 5.74) is 0.513. The van der Waals surface area contributed by atoms with Crippen LogP contribution in [-0.4, -0.2) is 78.3 Å². The molecule has 0 bridgehead atoms. The van der Waals surface area contributed by atoms with Crippen LogP contribution >= 0.6 is 0 Å². The van der Waals surface area contributed by atoms with Gasteiger partial charge in [0.2, 0.25) is 28.6 Å². The highest BCUT2D eigenvalue weighted by molar-refractivity contribution is 7.91. The van der Waals surface area contributed by atoms with E-state index in [1.165, 1.54) is 0 Å². The number of nitrogens with zero attached hydrogens (tertiary/aromatic N) is 2. The van der Waals surface area contributed by atoms with Gasteiger partial charge in [-0.25, -0.2) is 13.2 Å². The molecule has 1 saturated heterocycles. The standard InChI is InChI=1S/C33H42N4O9S/c38-29-24-13-22(46-32(41)36-16-19-6-11-27-28(26(19)17-36)45-18-44-27)14-25(24)30(39)37(21-7-8-21)12-4-2-1-3-5-20-15-33(20,34-29)31(40)35-47(42,43)23-9-10-23/h6,11,20-25H,1-5,7-10,12-18H2,(H,34,38)(H,35,40)/t20-,22-,24-,25?,33-/m1/s1. The van der Waals surface area contributed by atoms with Gasteiger partial charge in [0.25, 0.3) is 5.91 Å². The summed E-state index contributed by atoms with van der Waals surface area (Å²) in [6.07, 6.45) is 6.69. The van der Waals surface area contributed by atoms with Crippen molar-refractivity contribution in [3.8, 4) is 11.5 Å². The number of fused-ring (bicyclic) bond motifs is 5. The van der Waals surface area contributed by atoms with Gasteiger partial charge in [0, 0.05) is 24.7 Å². The Bertz CT molecular complexity index is 1610. The van der Waals surface area contributed by atoms with Crippen molar-refractivity contribution in [1.29, 1.82) is 0 Å². The van der Waals surface area contributed by atoms with Crippen molar-refractivity contribution in [2.75, 3.05) is 13.3 Å². The molecule has 1 aromatic carbocycles. The number of carbonyl (C=O) groups excluding carboxylic acids is 4. The minimum absolute atomic E-state index is 0.105. The smallest absolute Gasteiger partial charge is 0.410 e. The first-order valence-electron chi connectivity index (χ1n) is 17.2. The van der Waals surface area contributed by atoms with Crippen molar-refractivity contribution in [2.45, 2.75) is 113 Å². The molecule has 1 aromatic rings. The van der Waals surface area contributed by atoms with Crippen molar-refractivity contribution in [1.82, 2.24) is 19.8 Å². The normalized spacial score (nSPS) is 32.1. The molecule has 0 spiro atoms. The monoisotopic (exact) mass is 670 g/mol. The highest BCUT2D eigenvalue weighted by atomic mass is 32.2. The van der Waals surface area contributed by atoms with Crippen LogP contribution in [0.5, 0.6) is 11.5 Å². The number of benzene rings is 1. The fourth-order valence-electron chi connectivity index (χ4n) is 8.10. The van der Waals surface area contributed by atoms with Crippen LogP contribution in [0.4, 0.5) is 4.79 Å². The quantitative estimate of drug-likeness (QED) is 0.480. The number of carbonyl (C=O) groups is 4. The summed E-state index contributed by atoms with van der Waals surface area (Å²) < 4.78 is 44.8. The first-order chi connectivity index (χ1) is 22.6. The molecular formula is C33H42N4O9S. The summed E-state index contributed by atoms with van der Waals surface area (Å²) in [7, 11) is -3.80. The van der Waals surface area contributed by atoms with Crippen LogP contribution in [0.1, 0.15) is 88.2 Å². The Morgan fingerprint density at radius 3 is 2.53 bits per heavy atom. The fraction of sp³-hybridized carbons (Fsp3) is 0.697. The van der Waals surface area contributed by atoms with Gasteiger partial charge >= 0.3 is 6.09 Å². The second-order valence-corrected chi connectivity index (χ2v) is 16.4. The van der Waals surface area contributed by atoms with Crippen molar-refractivity contribution < 1.29 is 41.8 Å². The molecule has 3 heterocycles. The first kappa shape index (κ1) is 30.8. The van der Waals surface area contributed by atoms with Gasteiger partial charge in [-0.05, 0) is 75.3 Å². The van der Waals surface area contributed by atoms with Crippen molar-refractivity contribution in [2.24, 2.45) is 17.8 Å². The van der Waals surface area contributed by atoms with Gasteiger partial charge in [0.1, 0.15) is 11.6 Å². The molecule has 5 fully saturated rings. The average molecular weight is 671 g/mol. The van der Waals surface area contributed by atoms with Crippen LogP contribution in [0, 0.1) is 17.8 Å². The predicted molar refractivity (Wildman–Crippen MR) is 165 cm³/mol. The molecule has 14 heteroatoms. The summed E-state index contributed by atoms with van der Waals surface area (Å²) in [4.78, 5) is 58.8. The molecule has 4 aliphatic carbocycles. The van der Waals surface area contributed by atoms with Crippen LogP contribution in [0.15, 0.2) is 12.1 Å². The lowest BCUT2D eigenvalue weighted by Crippen LogP contribution is -2.54. The van der Waals surface area contributed by atoms with E-state index in [1.807, 2.05) is 17.0 Å². The minimum atomic E-state index is -3.80. The Hall–Kier alpha value is -3.55. The molecule has 1 unspecified atom stereocenters. The molecule has 4 saturated carbocycles. The van der Waals surface area contributed by atoms with Crippen LogP contribution < -0.4 is 19.5 Å². The van der Waals surface area contributed by atoms with Crippen LogP contribution in [0.3, 0.4) is 0 Å². The van der Waals surface area contributed by atoms with Gasteiger partial charge in [-0.1, -0.05) is 25.3 Å². The van der Waals surface area contributed by atoms with Gasteiger partial charge in [-0.3, -0.25) is 24.0 Å². The van der Waals surface area contributed by atoms with Gasteiger partial charge < -0.3 is 24.4 Å².